The SMILES string of the molecule is COc1ccc2c(c1)[C@](O)([C@@H](C)/C=C/CC(=O)N(CCO)Cc1ccccc1)C(=O)N2Cc1ccc(N2CCC2=O)cc1. The van der Waals surface area contributed by atoms with Crippen LogP contribution in [0.2, 0.25) is 0 Å². The standard InChI is InChI=1S/C34H37N3O6/c1-24(7-6-10-31(39)35(19-20-38)22-25-8-4-3-5-9-25)34(42)29-21-28(43-2)15-16-30(29)37(33(34)41)23-26-11-13-27(14-12-26)36-18-17-32(36)40/h3-9,11-16,21,24,38,42H,10,17-20,22-23H2,1-2H3/b7-6+/t24-,34+/m0/s1. The number of hydrogen-bond acceptors (Lipinski definition) is 6. The molecule has 0 aliphatic carbocycles. The molecule has 2 atom stereocenters. The Kier molecular flexibility index (Phi) is 8.94. The Bertz CT molecular complexity index is 1510. The van der Waals surface area contributed by atoms with Crippen molar-refractivity contribution >= 4 is 29.1 Å². The van der Waals surface area contributed by atoms with Gasteiger partial charge in [0, 0.05) is 49.6 Å². The first-order valence-electron chi connectivity index (χ1n) is 14.5. The molecule has 9 nitrogen and oxygen atoms in total. The number of aliphatic hydroxyl groups is 2. The van der Waals surface area contributed by atoms with E-state index in [0.29, 0.717) is 36.5 Å². The van der Waals surface area contributed by atoms with Crippen LogP contribution in [0.4, 0.5) is 11.4 Å². The van der Waals surface area contributed by atoms with E-state index in [9.17, 15) is 24.6 Å². The van der Waals surface area contributed by atoms with Gasteiger partial charge >= 0.3 is 0 Å². The van der Waals surface area contributed by atoms with Crippen LogP contribution < -0.4 is 14.5 Å². The number of aliphatic hydroxyl groups excluding tert-OH is 1. The molecular formula is C34H37N3O6. The molecule has 1 fully saturated rings. The van der Waals surface area contributed by atoms with E-state index in [-0.39, 0.29) is 37.9 Å². The number of hydrogen-bond donors (Lipinski definition) is 2. The van der Waals surface area contributed by atoms with Crippen LogP contribution in [0.3, 0.4) is 0 Å². The van der Waals surface area contributed by atoms with E-state index in [1.54, 1.807) is 52.0 Å². The Morgan fingerprint density at radius 2 is 1.81 bits per heavy atom. The third kappa shape index (κ3) is 6.04. The van der Waals surface area contributed by atoms with Crippen LogP contribution >= 0.6 is 0 Å². The largest absolute Gasteiger partial charge is 0.497 e. The number of β-lactam (4-membered cyclic amide) rings is 1. The second kappa shape index (κ2) is 12.8. The number of rotatable bonds is 12. The second-order valence-electron chi connectivity index (χ2n) is 10.9. The fourth-order valence-corrected chi connectivity index (χ4v) is 5.62. The molecule has 43 heavy (non-hydrogen) atoms. The zero-order chi connectivity index (χ0) is 30.6. The smallest absolute Gasteiger partial charge is 0.264 e. The number of nitrogens with zero attached hydrogens (tertiary/aromatic N) is 3. The van der Waals surface area contributed by atoms with Crippen molar-refractivity contribution in [1.82, 2.24) is 4.90 Å². The van der Waals surface area contributed by atoms with Crippen molar-refractivity contribution in [3.05, 3.63) is 102 Å². The molecule has 0 spiro atoms. The van der Waals surface area contributed by atoms with Crippen LogP contribution in [0.5, 0.6) is 5.75 Å². The molecule has 3 aromatic rings. The summed E-state index contributed by atoms with van der Waals surface area (Å²) in [4.78, 5) is 43.6. The van der Waals surface area contributed by atoms with E-state index in [2.05, 4.69) is 0 Å². The molecule has 9 heteroatoms. The molecule has 0 radical (unpaired) electrons. The highest BCUT2D eigenvalue weighted by molar-refractivity contribution is 6.07. The number of carbonyl (C=O) groups excluding carboxylic acids is 3. The molecule has 0 bridgehead atoms. The van der Waals surface area contributed by atoms with Gasteiger partial charge < -0.3 is 29.6 Å². The van der Waals surface area contributed by atoms with Gasteiger partial charge in [0.25, 0.3) is 5.91 Å². The number of fused-ring (bicyclic) bond motifs is 1. The Labute approximate surface area is 251 Å². The first-order valence-corrected chi connectivity index (χ1v) is 14.5. The van der Waals surface area contributed by atoms with Crippen molar-refractivity contribution < 1.29 is 29.3 Å². The number of amides is 3. The van der Waals surface area contributed by atoms with Gasteiger partial charge in [-0.25, -0.2) is 0 Å². The van der Waals surface area contributed by atoms with Crippen LogP contribution in [-0.2, 0) is 33.1 Å². The van der Waals surface area contributed by atoms with Gasteiger partial charge in [0.05, 0.1) is 25.9 Å². The third-order valence-electron chi connectivity index (χ3n) is 8.23. The highest BCUT2D eigenvalue weighted by atomic mass is 16.5. The topological polar surface area (TPSA) is 111 Å². The average Bonchev–Trinajstić information content (AvgIpc) is 3.23. The Morgan fingerprint density at radius 1 is 1.07 bits per heavy atom. The Hall–Kier alpha value is -4.47. The molecule has 2 aliphatic heterocycles. The summed E-state index contributed by atoms with van der Waals surface area (Å²) in [6.07, 6.45) is 3.98. The molecule has 2 aliphatic rings. The minimum absolute atomic E-state index is 0.0575. The normalized spacial score (nSPS) is 18.5. The van der Waals surface area contributed by atoms with Gasteiger partial charge in [-0.15, -0.1) is 0 Å². The lowest BCUT2D eigenvalue weighted by Gasteiger charge is -2.31. The van der Waals surface area contributed by atoms with Gasteiger partial charge in [-0.3, -0.25) is 14.4 Å². The van der Waals surface area contributed by atoms with E-state index >= 15 is 0 Å². The van der Waals surface area contributed by atoms with Crippen LogP contribution in [0.25, 0.3) is 0 Å². The monoisotopic (exact) mass is 583 g/mol. The maximum atomic E-state index is 13.9. The highest BCUT2D eigenvalue weighted by Gasteiger charge is 2.52. The van der Waals surface area contributed by atoms with Gasteiger partial charge in [0.2, 0.25) is 11.8 Å². The predicted octanol–water partition coefficient (Wildman–Crippen LogP) is 3.77. The lowest BCUT2D eigenvalue weighted by Crippen LogP contribution is -2.44. The fraction of sp³-hybridized carbons (Fsp3) is 0.324. The molecule has 0 unspecified atom stereocenters. The molecule has 3 amide bonds. The van der Waals surface area contributed by atoms with Gasteiger partial charge in [-0.1, -0.05) is 61.5 Å². The van der Waals surface area contributed by atoms with Crippen molar-refractivity contribution in [3.63, 3.8) is 0 Å². The first kappa shape index (κ1) is 30.0. The maximum Gasteiger partial charge on any atom is 0.264 e. The van der Waals surface area contributed by atoms with Gasteiger partial charge in [0.1, 0.15) is 5.75 Å². The summed E-state index contributed by atoms with van der Waals surface area (Å²) in [7, 11) is 1.53. The van der Waals surface area contributed by atoms with Crippen LogP contribution in [0, 0.1) is 5.92 Å². The molecule has 2 N–H and O–H groups in total. The molecule has 224 valence electrons. The van der Waals surface area contributed by atoms with Crippen molar-refractivity contribution in [1.29, 1.82) is 0 Å². The molecule has 2 heterocycles. The molecular weight excluding hydrogens is 546 g/mol. The summed E-state index contributed by atoms with van der Waals surface area (Å²) in [5.41, 5.74) is 1.79. The number of ether oxygens (including phenoxy) is 1. The Balaban J connectivity index is 1.33. The zero-order valence-electron chi connectivity index (χ0n) is 24.5. The number of methoxy groups -OCH3 is 1. The fourth-order valence-electron chi connectivity index (χ4n) is 5.62. The van der Waals surface area contributed by atoms with Crippen molar-refractivity contribution in [3.8, 4) is 5.75 Å². The van der Waals surface area contributed by atoms with Crippen LogP contribution in [0.15, 0.2) is 84.9 Å². The summed E-state index contributed by atoms with van der Waals surface area (Å²) in [5.74, 6) is -0.687. The van der Waals surface area contributed by atoms with Gasteiger partial charge in [0.15, 0.2) is 5.60 Å². The summed E-state index contributed by atoms with van der Waals surface area (Å²) < 4.78 is 5.41. The summed E-state index contributed by atoms with van der Waals surface area (Å²) in [6, 6.07) is 22.3. The predicted molar refractivity (Wildman–Crippen MR) is 163 cm³/mol. The zero-order valence-corrected chi connectivity index (χ0v) is 24.5. The van der Waals surface area contributed by atoms with Crippen molar-refractivity contribution in [2.24, 2.45) is 5.92 Å². The van der Waals surface area contributed by atoms with Crippen LogP contribution in [-0.4, -0.2) is 59.6 Å². The minimum Gasteiger partial charge on any atom is -0.497 e. The van der Waals surface area contributed by atoms with E-state index in [1.165, 1.54) is 7.11 Å². The first-order chi connectivity index (χ1) is 20.8. The van der Waals surface area contributed by atoms with Crippen LogP contribution in [0.1, 0.15) is 36.5 Å². The lowest BCUT2D eigenvalue weighted by atomic mass is 9.83. The van der Waals surface area contributed by atoms with Crippen molar-refractivity contribution in [2.75, 3.05) is 36.6 Å². The minimum atomic E-state index is -1.87. The summed E-state index contributed by atoms with van der Waals surface area (Å²) >= 11 is 0. The molecule has 0 saturated carbocycles. The molecule has 3 aromatic carbocycles. The Morgan fingerprint density at radius 3 is 2.44 bits per heavy atom. The second-order valence-corrected chi connectivity index (χ2v) is 10.9. The average molecular weight is 584 g/mol. The number of anilines is 2. The number of carbonyl (C=O) groups is 3. The molecule has 5 rings (SSSR count). The van der Waals surface area contributed by atoms with E-state index < -0.39 is 17.4 Å². The summed E-state index contributed by atoms with van der Waals surface area (Å²) in [5, 5.41) is 21.5. The third-order valence-corrected chi connectivity index (χ3v) is 8.23. The van der Waals surface area contributed by atoms with Gasteiger partial charge in [-0.2, -0.15) is 0 Å². The molecule has 1 saturated heterocycles. The lowest BCUT2D eigenvalue weighted by molar-refractivity contribution is -0.139. The summed E-state index contributed by atoms with van der Waals surface area (Å²) in [6.45, 7) is 3.12. The van der Waals surface area contributed by atoms with E-state index in [1.807, 2.05) is 54.6 Å². The molecule has 0 aromatic heterocycles. The van der Waals surface area contributed by atoms with E-state index in [0.717, 1.165) is 16.8 Å². The van der Waals surface area contributed by atoms with Gasteiger partial charge in [-0.05, 0) is 41.5 Å². The highest BCUT2D eigenvalue weighted by Crippen LogP contribution is 2.47. The van der Waals surface area contributed by atoms with Crippen molar-refractivity contribution in [2.45, 2.75) is 38.5 Å². The van der Waals surface area contributed by atoms with E-state index in [4.69, 9.17) is 4.74 Å². The number of benzene rings is 3. The quantitative estimate of drug-likeness (QED) is 0.248. The maximum absolute atomic E-state index is 13.9.